The molecule has 1 N–H and O–H groups in total. The maximum atomic E-state index is 12.9. The number of hydrogen-bond acceptors (Lipinski definition) is 3. The number of anilines is 1. The Hall–Kier alpha value is -2.20. The van der Waals surface area contributed by atoms with Gasteiger partial charge in [-0.3, -0.25) is 9.97 Å². The highest BCUT2D eigenvalue weighted by atomic mass is 35.5. The first-order chi connectivity index (χ1) is 10.1. The summed E-state index contributed by atoms with van der Waals surface area (Å²) in [5.74, 6) is -0.346. The molecule has 0 radical (unpaired) electrons. The van der Waals surface area contributed by atoms with Gasteiger partial charge in [0.1, 0.15) is 5.82 Å². The number of halogens is 2. The summed E-state index contributed by atoms with van der Waals surface area (Å²) >= 11 is 6.14. The first kappa shape index (κ1) is 13.8. The lowest BCUT2D eigenvalue weighted by atomic mass is 10.1. The molecule has 3 aromatic rings. The van der Waals surface area contributed by atoms with Crippen LogP contribution in [0.4, 0.5) is 10.1 Å². The van der Waals surface area contributed by atoms with E-state index in [0.717, 1.165) is 22.3 Å². The van der Waals surface area contributed by atoms with E-state index in [4.69, 9.17) is 11.6 Å². The molecule has 0 fully saturated rings. The van der Waals surface area contributed by atoms with Crippen LogP contribution in [0.25, 0.3) is 10.9 Å². The fourth-order valence-corrected chi connectivity index (χ4v) is 2.44. The summed E-state index contributed by atoms with van der Waals surface area (Å²) in [6.45, 7) is 1.95. The number of benzene rings is 1. The third-order valence-corrected chi connectivity index (χ3v) is 3.45. The fraction of sp³-hybridized carbons (Fsp3) is 0.125. The van der Waals surface area contributed by atoms with E-state index in [9.17, 15) is 4.39 Å². The van der Waals surface area contributed by atoms with Gasteiger partial charge in [0, 0.05) is 16.6 Å². The van der Waals surface area contributed by atoms with Crippen molar-refractivity contribution in [1.82, 2.24) is 9.97 Å². The molecule has 1 aromatic carbocycles. The molecule has 0 aliphatic carbocycles. The third kappa shape index (κ3) is 2.95. The minimum absolute atomic E-state index is 0.0886. The fourth-order valence-electron chi connectivity index (χ4n) is 2.22. The molecule has 106 valence electrons. The monoisotopic (exact) mass is 301 g/mol. The van der Waals surface area contributed by atoms with E-state index in [1.165, 1.54) is 12.3 Å². The van der Waals surface area contributed by atoms with Gasteiger partial charge in [-0.2, -0.15) is 0 Å². The molecule has 0 saturated heterocycles. The summed E-state index contributed by atoms with van der Waals surface area (Å²) in [5.41, 5.74) is 2.42. The van der Waals surface area contributed by atoms with Crippen molar-refractivity contribution in [2.75, 3.05) is 5.32 Å². The van der Waals surface area contributed by atoms with Crippen LogP contribution in [0.5, 0.6) is 0 Å². The van der Waals surface area contributed by atoms with Crippen LogP contribution in [0.3, 0.4) is 0 Å². The van der Waals surface area contributed by atoms with Gasteiger partial charge >= 0.3 is 0 Å². The van der Waals surface area contributed by atoms with Crippen LogP contribution in [-0.4, -0.2) is 9.97 Å². The molecular formula is C16H13ClFN3. The first-order valence-corrected chi connectivity index (χ1v) is 6.93. The van der Waals surface area contributed by atoms with Gasteiger partial charge in [-0.15, -0.1) is 0 Å². The van der Waals surface area contributed by atoms with Crippen molar-refractivity contribution in [3.8, 4) is 0 Å². The minimum atomic E-state index is -0.346. The third-order valence-electron chi connectivity index (χ3n) is 3.24. The second kappa shape index (κ2) is 5.66. The molecule has 0 aliphatic heterocycles. The summed E-state index contributed by atoms with van der Waals surface area (Å²) in [6, 6.07) is 10.5. The topological polar surface area (TPSA) is 37.8 Å². The molecule has 0 spiro atoms. The molecule has 3 rings (SSSR count). The Kier molecular flexibility index (Phi) is 3.71. The Labute approximate surface area is 126 Å². The van der Waals surface area contributed by atoms with Crippen molar-refractivity contribution in [3.05, 3.63) is 65.3 Å². The summed E-state index contributed by atoms with van der Waals surface area (Å²) < 4.78 is 12.9. The van der Waals surface area contributed by atoms with Crippen LogP contribution < -0.4 is 5.32 Å². The number of fused-ring (bicyclic) bond motifs is 1. The quantitative estimate of drug-likeness (QED) is 0.768. The number of pyridine rings is 2. The average molecular weight is 302 g/mol. The molecule has 1 unspecified atom stereocenters. The molecule has 5 heteroatoms. The maximum Gasteiger partial charge on any atom is 0.141 e. The van der Waals surface area contributed by atoms with E-state index in [1.807, 2.05) is 31.2 Å². The van der Waals surface area contributed by atoms with Gasteiger partial charge in [0.25, 0.3) is 0 Å². The molecule has 21 heavy (non-hydrogen) atoms. The predicted octanol–water partition coefficient (Wildman–Crippen LogP) is 4.60. The van der Waals surface area contributed by atoms with Crippen LogP contribution >= 0.6 is 11.6 Å². The average Bonchev–Trinajstić information content (AvgIpc) is 2.47. The highest BCUT2D eigenvalue weighted by Gasteiger charge is 2.10. The maximum absolute atomic E-state index is 12.9. The van der Waals surface area contributed by atoms with E-state index >= 15 is 0 Å². The molecule has 1 atom stereocenters. The smallest absolute Gasteiger partial charge is 0.141 e. The van der Waals surface area contributed by atoms with Crippen molar-refractivity contribution >= 4 is 28.2 Å². The summed E-state index contributed by atoms with van der Waals surface area (Å²) in [4.78, 5) is 8.47. The molecule has 2 aromatic heterocycles. The Balaban J connectivity index is 1.95. The standard InChI is InChI=1S/C16H13ClFN3/c1-10(14-5-4-13(18)9-20-14)21-15-8-12(17)7-11-3-2-6-19-16(11)15/h2-10,21H,1H3. The number of rotatable bonds is 3. The Morgan fingerprint density at radius 3 is 2.81 bits per heavy atom. The predicted molar refractivity (Wildman–Crippen MR) is 83.0 cm³/mol. The van der Waals surface area contributed by atoms with E-state index in [2.05, 4.69) is 15.3 Å². The molecule has 0 bridgehead atoms. The van der Waals surface area contributed by atoms with Crippen LogP contribution in [0, 0.1) is 5.82 Å². The van der Waals surface area contributed by atoms with Gasteiger partial charge in [-0.1, -0.05) is 17.7 Å². The van der Waals surface area contributed by atoms with Gasteiger partial charge in [0.15, 0.2) is 0 Å². The number of hydrogen-bond donors (Lipinski definition) is 1. The molecule has 0 amide bonds. The molecule has 2 heterocycles. The number of aromatic nitrogens is 2. The van der Waals surface area contributed by atoms with Crippen molar-refractivity contribution in [3.63, 3.8) is 0 Å². The lowest BCUT2D eigenvalue weighted by Crippen LogP contribution is -2.09. The van der Waals surface area contributed by atoms with E-state index in [1.54, 1.807) is 12.3 Å². The van der Waals surface area contributed by atoms with Gasteiger partial charge in [0.05, 0.1) is 29.1 Å². The number of nitrogens with zero attached hydrogens (tertiary/aromatic N) is 2. The zero-order valence-corrected chi connectivity index (χ0v) is 12.1. The Morgan fingerprint density at radius 2 is 2.05 bits per heavy atom. The number of nitrogens with one attached hydrogen (secondary N) is 1. The Morgan fingerprint density at radius 1 is 1.19 bits per heavy atom. The highest BCUT2D eigenvalue weighted by molar-refractivity contribution is 6.31. The van der Waals surface area contributed by atoms with Crippen LogP contribution in [-0.2, 0) is 0 Å². The highest BCUT2D eigenvalue weighted by Crippen LogP contribution is 2.28. The zero-order valence-electron chi connectivity index (χ0n) is 11.3. The van der Waals surface area contributed by atoms with E-state index in [-0.39, 0.29) is 11.9 Å². The lowest BCUT2D eigenvalue weighted by molar-refractivity contribution is 0.617. The lowest BCUT2D eigenvalue weighted by Gasteiger charge is -2.16. The zero-order chi connectivity index (χ0) is 14.8. The van der Waals surface area contributed by atoms with Crippen molar-refractivity contribution in [2.24, 2.45) is 0 Å². The van der Waals surface area contributed by atoms with Crippen molar-refractivity contribution < 1.29 is 4.39 Å². The molecular weight excluding hydrogens is 289 g/mol. The van der Waals surface area contributed by atoms with Gasteiger partial charge in [-0.25, -0.2) is 4.39 Å². The van der Waals surface area contributed by atoms with Gasteiger partial charge in [0.2, 0.25) is 0 Å². The summed E-state index contributed by atoms with van der Waals surface area (Å²) in [5, 5.41) is 4.93. The minimum Gasteiger partial charge on any atom is -0.375 e. The van der Waals surface area contributed by atoms with Gasteiger partial charge in [-0.05, 0) is 37.3 Å². The van der Waals surface area contributed by atoms with E-state index in [0.29, 0.717) is 5.02 Å². The summed E-state index contributed by atoms with van der Waals surface area (Å²) in [6.07, 6.45) is 2.95. The van der Waals surface area contributed by atoms with Crippen LogP contribution in [0.2, 0.25) is 5.02 Å². The second-order valence-corrected chi connectivity index (χ2v) is 5.23. The molecule has 3 nitrogen and oxygen atoms in total. The molecule has 0 saturated carbocycles. The van der Waals surface area contributed by atoms with Crippen LogP contribution in [0.1, 0.15) is 18.7 Å². The van der Waals surface area contributed by atoms with Crippen LogP contribution in [0.15, 0.2) is 48.8 Å². The van der Waals surface area contributed by atoms with E-state index < -0.39 is 0 Å². The first-order valence-electron chi connectivity index (χ1n) is 6.56. The second-order valence-electron chi connectivity index (χ2n) is 4.80. The van der Waals surface area contributed by atoms with Crippen molar-refractivity contribution in [1.29, 1.82) is 0 Å². The Bertz CT molecular complexity index is 774. The summed E-state index contributed by atoms with van der Waals surface area (Å²) in [7, 11) is 0. The largest absolute Gasteiger partial charge is 0.375 e. The van der Waals surface area contributed by atoms with Gasteiger partial charge < -0.3 is 5.32 Å². The molecule has 0 aliphatic rings. The normalized spacial score (nSPS) is 12.3. The SMILES string of the molecule is CC(Nc1cc(Cl)cc2cccnc12)c1ccc(F)cn1. The van der Waals surface area contributed by atoms with Crippen molar-refractivity contribution in [2.45, 2.75) is 13.0 Å².